The molecular formula is C8H13N5O. The number of nitrogens with two attached hydrogens (primary N) is 1. The first kappa shape index (κ1) is 10.5. The van der Waals surface area contributed by atoms with E-state index in [1.165, 1.54) is 12.4 Å². The zero-order chi connectivity index (χ0) is 10.6. The molecule has 0 aliphatic carbocycles. The van der Waals surface area contributed by atoms with Crippen LogP contribution in [0.15, 0.2) is 12.4 Å². The third-order valence-corrected chi connectivity index (χ3v) is 1.74. The summed E-state index contributed by atoms with van der Waals surface area (Å²) < 4.78 is 0. The van der Waals surface area contributed by atoms with Crippen molar-refractivity contribution in [1.82, 2.24) is 15.2 Å². The second-order valence-corrected chi connectivity index (χ2v) is 3.23. The molecule has 0 aromatic carbocycles. The van der Waals surface area contributed by atoms with Gasteiger partial charge in [-0.3, -0.25) is 10.1 Å². The molecule has 1 unspecified atom stereocenters. The van der Waals surface area contributed by atoms with E-state index in [1.807, 2.05) is 13.8 Å². The van der Waals surface area contributed by atoms with Gasteiger partial charge in [-0.2, -0.15) is 5.10 Å². The minimum absolute atomic E-state index is 0.0756. The summed E-state index contributed by atoms with van der Waals surface area (Å²) in [6.45, 7) is 3.74. The minimum Gasteiger partial charge on any atom is -0.320 e. The van der Waals surface area contributed by atoms with Crippen molar-refractivity contribution in [2.75, 3.05) is 5.32 Å². The smallest absolute Gasteiger partial charge is 0.249 e. The van der Waals surface area contributed by atoms with E-state index in [9.17, 15) is 4.79 Å². The molecule has 0 fully saturated rings. The first-order valence-corrected chi connectivity index (χ1v) is 4.31. The van der Waals surface area contributed by atoms with Crippen LogP contribution in [-0.2, 0) is 4.79 Å². The van der Waals surface area contributed by atoms with E-state index < -0.39 is 6.04 Å². The fourth-order valence-electron chi connectivity index (χ4n) is 0.801. The van der Waals surface area contributed by atoms with Gasteiger partial charge in [0.15, 0.2) is 0 Å². The lowest BCUT2D eigenvalue weighted by atomic mass is 10.1. The van der Waals surface area contributed by atoms with E-state index in [0.29, 0.717) is 0 Å². The largest absolute Gasteiger partial charge is 0.320 e. The van der Waals surface area contributed by atoms with Gasteiger partial charge in [0.25, 0.3) is 0 Å². The third-order valence-electron chi connectivity index (χ3n) is 1.74. The molecule has 0 aliphatic rings. The Kier molecular flexibility index (Phi) is 3.47. The summed E-state index contributed by atoms with van der Waals surface area (Å²) >= 11 is 0. The number of amides is 1. The molecule has 0 spiro atoms. The number of carbonyl (C=O) groups excluding carboxylic acids is 1. The Morgan fingerprint density at radius 3 is 2.71 bits per heavy atom. The standard InChI is InChI=1S/C8H13N5O/c1-5(2)6(9)7(14)12-8-10-3-4-11-13-8/h3-6H,9H2,1-2H3,(H,10,12,13,14). The van der Waals surface area contributed by atoms with Gasteiger partial charge in [0.1, 0.15) is 0 Å². The van der Waals surface area contributed by atoms with Gasteiger partial charge < -0.3 is 5.73 Å². The molecule has 76 valence electrons. The topological polar surface area (TPSA) is 93.8 Å². The highest BCUT2D eigenvalue weighted by molar-refractivity contribution is 5.93. The van der Waals surface area contributed by atoms with E-state index in [4.69, 9.17) is 5.73 Å². The zero-order valence-corrected chi connectivity index (χ0v) is 8.14. The van der Waals surface area contributed by atoms with Crippen LogP contribution in [0.1, 0.15) is 13.8 Å². The Balaban J connectivity index is 2.58. The van der Waals surface area contributed by atoms with Crippen molar-refractivity contribution in [3.63, 3.8) is 0 Å². The van der Waals surface area contributed by atoms with Gasteiger partial charge >= 0.3 is 0 Å². The van der Waals surface area contributed by atoms with Crippen molar-refractivity contribution in [2.45, 2.75) is 19.9 Å². The van der Waals surface area contributed by atoms with Crippen LogP contribution in [0.4, 0.5) is 5.95 Å². The van der Waals surface area contributed by atoms with Gasteiger partial charge in [-0.1, -0.05) is 13.8 Å². The van der Waals surface area contributed by atoms with Crippen molar-refractivity contribution in [3.8, 4) is 0 Å². The van der Waals surface area contributed by atoms with Crippen molar-refractivity contribution in [1.29, 1.82) is 0 Å². The molecule has 0 radical (unpaired) electrons. The second-order valence-electron chi connectivity index (χ2n) is 3.23. The highest BCUT2D eigenvalue weighted by Gasteiger charge is 2.17. The summed E-state index contributed by atoms with van der Waals surface area (Å²) in [5, 5.41) is 9.66. The average Bonchev–Trinajstić information content (AvgIpc) is 2.18. The van der Waals surface area contributed by atoms with Crippen molar-refractivity contribution < 1.29 is 4.79 Å². The molecular weight excluding hydrogens is 182 g/mol. The maximum absolute atomic E-state index is 11.4. The molecule has 6 heteroatoms. The number of hydrogen-bond donors (Lipinski definition) is 2. The van der Waals surface area contributed by atoms with Crippen LogP contribution in [0.25, 0.3) is 0 Å². The molecule has 0 bridgehead atoms. The van der Waals surface area contributed by atoms with Gasteiger partial charge in [0, 0.05) is 0 Å². The summed E-state index contributed by atoms with van der Waals surface area (Å²) in [5.74, 6) is -0.0479. The average molecular weight is 195 g/mol. The van der Waals surface area contributed by atoms with E-state index >= 15 is 0 Å². The molecule has 1 aromatic rings. The van der Waals surface area contributed by atoms with E-state index in [-0.39, 0.29) is 17.8 Å². The lowest BCUT2D eigenvalue weighted by Gasteiger charge is -2.13. The summed E-state index contributed by atoms with van der Waals surface area (Å²) in [6.07, 6.45) is 2.88. The quantitative estimate of drug-likeness (QED) is 0.696. The third kappa shape index (κ3) is 2.74. The number of rotatable bonds is 3. The predicted octanol–water partition coefficient (Wildman–Crippen LogP) is -0.207. The SMILES string of the molecule is CC(C)C(N)C(=O)Nc1nccnn1. The molecule has 1 aromatic heterocycles. The van der Waals surface area contributed by atoms with Gasteiger partial charge in [-0.25, -0.2) is 4.98 Å². The lowest BCUT2D eigenvalue weighted by Crippen LogP contribution is -2.40. The fraction of sp³-hybridized carbons (Fsp3) is 0.500. The minimum atomic E-state index is -0.557. The molecule has 1 atom stereocenters. The molecule has 0 saturated heterocycles. The highest BCUT2D eigenvalue weighted by atomic mass is 16.2. The van der Waals surface area contributed by atoms with E-state index in [1.54, 1.807) is 0 Å². The second kappa shape index (κ2) is 4.61. The molecule has 0 saturated carbocycles. The number of anilines is 1. The Morgan fingerprint density at radius 2 is 2.21 bits per heavy atom. The molecule has 3 N–H and O–H groups in total. The molecule has 1 rings (SSSR count). The molecule has 6 nitrogen and oxygen atoms in total. The van der Waals surface area contributed by atoms with Crippen LogP contribution in [0.3, 0.4) is 0 Å². The van der Waals surface area contributed by atoms with Gasteiger partial charge in [-0.15, -0.1) is 5.10 Å². The number of nitrogens with one attached hydrogen (secondary N) is 1. The van der Waals surface area contributed by atoms with Crippen LogP contribution < -0.4 is 11.1 Å². The Bertz CT molecular complexity index is 300. The monoisotopic (exact) mass is 195 g/mol. The Labute approximate surface area is 81.9 Å². The first-order chi connectivity index (χ1) is 6.61. The van der Waals surface area contributed by atoms with E-state index in [0.717, 1.165) is 0 Å². The fourth-order valence-corrected chi connectivity index (χ4v) is 0.801. The van der Waals surface area contributed by atoms with Crippen LogP contribution in [0.2, 0.25) is 0 Å². The summed E-state index contributed by atoms with van der Waals surface area (Å²) in [7, 11) is 0. The van der Waals surface area contributed by atoms with Crippen molar-refractivity contribution >= 4 is 11.9 Å². The predicted molar refractivity (Wildman–Crippen MR) is 51.3 cm³/mol. The molecule has 1 heterocycles. The first-order valence-electron chi connectivity index (χ1n) is 4.31. The van der Waals surface area contributed by atoms with Crippen LogP contribution in [0.5, 0.6) is 0 Å². The maximum Gasteiger partial charge on any atom is 0.249 e. The van der Waals surface area contributed by atoms with Gasteiger partial charge in [0.2, 0.25) is 11.9 Å². The highest BCUT2D eigenvalue weighted by Crippen LogP contribution is 2.01. The molecule has 0 aliphatic heterocycles. The number of hydrogen-bond acceptors (Lipinski definition) is 5. The van der Waals surface area contributed by atoms with Crippen LogP contribution >= 0.6 is 0 Å². The normalized spacial score (nSPS) is 12.6. The van der Waals surface area contributed by atoms with Gasteiger partial charge in [-0.05, 0) is 5.92 Å². The van der Waals surface area contributed by atoms with E-state index in [2.05, 4.69) is 20.5 Å². The van der Waals surface area contributed by atoms with Crippen LogP contribution in [-0.4, -0.2) is 27.1 Å². The number of nitrogens with zero attached hydrogens (tertiary/aromatic N) is 3. The Hall–Kier alpha value is -1.56. The summed E-state index contributed by atoms with van der Waals surface area (Å²) in [6, 6.07) is -0.557. The Morgan fingerprint density at radius 1 is 1.50 bits per heavy atom. The van der Waals surface area contributed by atoms with Crippen molar-refractivity contribution in [3.05, 3.63) is 12.4 Å². The molecule has 1 amide bonds. The summed E-state index contributed by atoms with van der Waals surface area (Å²) in [5.41, 5.74) is 5.62. The van der Waals surface area contributed by atoms with Crippen LogP contribution in [0, 0.1) is 5.92 Å². The maximum atomic E-state index is 11.4. The molecule has 14 heavy (non-hydrogen) atoms. The summed E-state index contributed by atoms with van der Waals surface area (Å²) in [4.78, 5) is 15.2. The number of carbonyl (C=O) groups is 1. The van der Waals surface area contributed by atoms with Gasteiger partial charge in [0.05, 0.1) is 18.4 Å². The van der Waals surface area contributed by atoms with Crippen molar-refractivity contribution in [2.24, 2.45) is 11.7 Å². The number of aromatic nitrogens is 3. The lowest BCUT2D eigenvalue weighted by molar-refractivity contribution is -0.118. The zero-order valence-electron chi connectivity index (χ0n) is 8.14.